The third-order valence-electron chi connectivity index (χ3n) is 2.45. The van der Waals surface area contributed by atoms with E-state index in [9.17, 15) is 4.39 Å². The smallest absolute Gasteiger partial charge is 0.123 e. The van der Waals surface area contributed by atoms with Crippen molar-refractivity contribution in [3.05, 3.63) is 35.6 Å². The van der Waals surface area contributed by atoms with Gasteiger partial charge in [0.15, 0.2) is 0 Å². The molecule has 1 saturated carbocycles. The lowest BCUT2D eigenvalue weighted by molar-refractivity contribution is -0.106. The van der Waals surface area contributed by atoms with E-state index < -0.39 is 0 Å². The first-order valence-corrected chi connectivity index (χ1v) is 6.55. The standard InChI is InChI=1S/C10H11F.C2H4O.C2H6.CH4N2/c11-10-6-4-9(5-7-10)8-2-1-3-8;1-2-3;1-2;2-1-3/h4-8H,1-3H2;2H,1H3;1-2H3;1H,(H3,2,3). The Morgan fingerprint density at radius 3 is 1.89 bits per heavy atom. The molecular weight excluding hydrogens is 243 g/mol. The molecule has 0 radical (unpaired) electrons. The summed E-state index contributed by atoms with van der Waals surface area (Å²) < 4.78 is 12.5. The average molecular weight is 268 g/mol. The minimum Gasteiger partial charge on any atom is -0.390 e. The minimum atomic E-state index is -0.131. The fourth-order valence-electron chi connectivity index (χ4n) is 1.48. The average Bonchev–Trinajstić information content (AvgIpc) is 2.34. The Morgan fingerprint density at radius 2 is 1.63 bits per heavy atom. The number of hydrogen-bond acceptors (Lipinski definition) is 2. The van der Waals surface area contributed by atoms with Gasteiger partial charge in [-0.3, -0.25) is 5.41 Å². The van der Waals surface area contributed by atoms with E-state index in [0.717, 1.165) is 18.5 Å². The van der Waals surface area contributed by atoms with E-state index >= 15 is 0 Å². The number of halogens is 1. The summed E-state index contributed by atoms with van der Waals surface area (Å²) in [4.78, 5) is 8.81. The van der Waals surface area contributed by atoms with E-state index in [4.69, 9.17) is 10.2 Å². The van der Waals surface area contributed by atoms with Gasteiger partial charge in [0.05, 0.1) is 6.34 Å². The number of nitrogens with two attached hydrogens (primary N) is 1. The van der Waals surface area contributed by atoms with E-state index in [0.29, 0.717) is 0 Å². The largest absolute Gasteiger partial charge is 0.390 e. The first-order chi connectivity index (χ1) is 9.19. The highest BCUT2D eigenvalue weighted by Gasteiger charge is 2.18. The van der Waals surface area contributed by atoms with Crippen molar-refractivity contribution in [3.8, 4) is 0 Å². The van der Waals surface area contributed by atoms with Crippen LogP contribution in [0.2, 0.25) is 0 Å². The van der Waals surface area contributed by atoms with Crippen LogP contribution in [0, 0.1) is 11.2 Å². The van der Waals surface area contributed by atoms with Crippen LogP contribution in [0.5, 0.6) is 0 Å². The topological polar surface area (TPSA) is 66.9 Å². The zero-order valence-electron chi connectivity index (χ0n) is 12.0. The molecular formula is C15H25FN2O. The van der Waals surface area contributed by atoms with Crippen LogP contribution in [0.4, 0.5) is 4.39 Å². The maximum Gasteiger partial charge on any atom is 0.123 e. The van der Waals surface area contributed by atoms with Gasteiger partial charge in [0.1, 0.15) is 12.1 Å². The predicted octanol–water partition coefficient (Wildman–Crippen LogP) is 3.88. The van der Waals surface area contributed by atoms with Crippen LogP contribution in [0.25, 0.3) is 0 Å². The molecule has 1 fully saturated rings. The number of rotatable bonds is 1. The summed E-state index contributed by atoms with van der Waals surface area (Å²) in [5.41, 5.74) is 5.69. The van der Waals surface area contributed by atoms with Crippen LogP contribution < -0.4 is 5.73 Å². The van der Waals surface area contributed by atoms with E-state index in [1.807, 2.05) is 26.0 Å². The highest BCUT2D eigenvalue weighted by molar-refractivity contribution is 5.46. The minimum absolute atomic E-state index is 0.131. The van der Waals surface area contributed by atoms with Crippen molar-refractivity contribution in [1.82, 2.24) is 0 Å². The van der Waals surface area contributed by atoms with Crippen molar-refractivity contribution in [2.24, 2.45) is 5.73 Å². The van der Waals surface area contributed by atoms with Crippen LogP contribution in [-0.4, -0.2) is 12.6 Å². The van der Waals surface area contributed by atoms with E-state index in [1.165, 1.54) is 31.7 Å². The van der Waals surface area contributed by atoms with E-state index in [2.05, 4.69) is 5.73 Å². The normalized spacial score (nSPS) is 12.0. The molecule has 0 aliphatic heterocycles. The number of carbonyl (C=O) groups excluding carboxylic acids is 1. The highest BCUT2D eigenvalue weighted by atomic mass is 19.1. The van der Waals surface area contributed by atoms with Gasteiger partial charge in [-0.15, -0.1) is 0 Å². The number of nitrogens with one attached hydrogen (secondary N) is 1. The Labute approximate surface area is 115 Å². The Balaban J connectivity index is 0. The van der Waals surface area contributed by atoms with E-state index in [1.54, 1.807) is 12.1 Å². The van der Waals surface area contributed by atoms with Crippen molar-refractivity contribution in [2.75, 3.05) is 0 Å². The van der Waals surface area contributed by atoms with Crippen LogP contribution in [0.1, 0.15) is 51.5 Å². The third-order valence-corrected chi connectivity index (χ3v) is 2.45. The van der Waals surface area contributed by atoms with Gasteiger partial charge in [0.2, 0.25) is 0 Å². The molecule has 0 unspecified atom stereocenters. The lowest BCUT2D eigenvalue weighted by Crippen LogP contribution is -2.08. The molecule has 0 saturated heterocycles. The molecule has 3 N–H and O–H groups in total. The molecule has 2 rings (SSSR count). The summed E-state index contributed by atoms with van der Waals surface area (Å²) in [6.07, 6.45) is 5.40. The summed E-state index contributed by atoms with van der Waals surface area (Å²) in [6.45, 7) is 5.44. The molecule has 0 amide bonds. The van der Waals surface area contributed by atoms with Gasteiger partial charge >= 0.3 is 0 Å². The molecule has 19 heavy (non-hydrogen) atoms. The lowest BCUT2D eigenvalue weighted by Gasteiger charge is -2.25. The molecule has 1 aromatic rings. The summed E-state index contributed by atoms with van der Waals surface area (Å²) in [5, 5.41) is 5.86. The molecule has 1 aliphatic rings. The molecule has 108 valence electrons. The number of benzene rings is 1. The van der Waals surface area contributed by atoms with Crippen LogP contribution >= 0.6 is 0 Å². The second-order valence-corrected chi connectivity index (χ2v) is 3.58. The van der Waals surface area contributed by atoms with Crippen molar-refractivity contribution < 1.29 is 9.18 Å². The molecule has 0 aromatic heterocycles. The fraction of sp³-hybridized carbons (Fsp3) is 0.467. The first-order valence-electron chi connectivity index (χ1n) is 6.55. The molecule has 1 aromatic carbocycles. The Morgan fingerprint density at radius 1 is 1.26 bits per heavy atom. The van der Waals surface area contributed by atoms with Crippen LogP contribution in [0.3, 0.4) is 0 Å². The zero-order valence-corrected chi connectivity index (χ0v) is 12.0. The first kappa shape index (κ1) is 19.6. The molecule has 0 bridgehead atoms. The Hall–Kier alpha value is -1.71. The van der Waals surface area contributed by atoms with E-state index in [-0.39, 0.29) is 5.82 Å². The fourth-order valence-corrected chi connectivity index (χ4v) is 1.48. The van der Waals surface area contributed by atoms with Crippen LogP contribution in [-0.2, 0) is 4.79 Å². The van der Waals surface area contributed by atoms with Gasteiger partial charge in [0.25, 0.3) is 0 Å². The molecule has 0 atom stereocenters. The van der Waals surface area contributed by atoms with Gasteiger partial charge in [-0.25, -0.2) is 4.39 Å². The second-order valence-electron chi connectivity index (χ2n) is 3.58. The van der Waals surface area contributed by atoms with Gasteiger partial charge in [-0.05, 0) is 43.4 Å². The molecule has 1 aliphatic carbocycles. The summed E-state index contributed by atoms with van der Waals surface area (Å²) in [6, 6.07) is 6.90. The van der Waals surface area contributed by atoms with Gasteiger partial charge in [-0.2, -0.15) is 0 Å². The maximum atomic E-state index is 12.5. The van der Waals surface area contributed by atoms with Crippen LogP contribution in [0.15, 0.2) is 24.3 Å². The molecule has 0 spiro atoms. The monoisotopic (exact) mass is 268 g/mol. The van der Waals surface area contributed by atoms with Crippen molar-refractivity contribution in [2.45, 2.75) is 46.0 Å². The summed E-state index contributed by atoms with van der Waals surface area (Å²) in [5.74, 6) is 0.587. The summed E-state index contributed by atoms with van der Waals surface area (Å²) >= 11 is 0. The van der Waals surface area contributed by atoms with Gasteiger partial charge in [-0.1, -0.05) is 32.4 Å². The Bertz CT molecular complexity index is 315. The van der Waals surface area contributed by atoms with Crippen molar-refractivity contribution in [1.29, 1.82) is 5.41 Å². The van der Waals surface area contributed by atoms with Gasteiger partial charge < -0.3 is 10.5 Å². The molecule has 3 nitrogen and oxygen atoms in total. The number of carbonyl (C=O) groups is 1. The maximum absolute atomic E-state index is 12.5. The molecule has 4 heteroatoms. The quantitative estimate of drug-likeness (QED) is 0.461. The lowest BCUT2D eigenvalue weighted by atomic mass is 9.80. The highest BCUT2D eigenvalue weighted by Crippen LogP contribution is 2.35. The summed E-state index contributed by atoms with van der Waals surface area (Å²) in [7, 11) is 0. The zero-order chi connectivity index (χ0) is 15.1. The van der Waals surface area contributed by atoms with Gasteiger partial charge in [0, 0.05) is 0 Å². The third kappa shape index (κ3) is 9.94. The number of aldehydes is 1. The van der Waals surface area contributed by atoms with Crippen molar-refractivity contribution in [3.63, 3.8) is 0 Å². The molecule has 0 heterocycles. The predicted molar refractivity (Wildman–Crippen MR) is 79.0 cm³/mol. The van der Waals surface area contributed by atoms with Crippen molar-refractivity contribution >= 4 is 12.6 Å². The number of hydrogen-bond donors (Lipinski definition) is 2. The Kier molecular flexibility index (Phi) is 14.8. The SMILES string of the molecule is CC.CC=O.Fc1ccc(C2CCC2)cc1.N=CN. The second kappa shape index (κ2) is 14.4.